The number of ether oxygens (including phenoxy) is 2. The highest BCUT2D eigenvalue weighted by molar-refractivity contribution is 14.1. The minimum Gasteiger partial charge on any atom is -0.497 e. The molecule has 0 unspecified atom stereocenters. The third-order valence-corrected chi connectivity index (χ3v) is 8.81. The second-order valence-corrected chi connectivity index (χ2v) is 12.3. The third-order valence-electron chi connectivity index (χ3n) is 6.20. The average Bonchev–Trinajstić information content (AvgIpc) is 3.26. The van der Waals surface area contributed by atoms with Crippen molar-refractivity contribution in [3.63, 3.8) is 0 Å². The van der Waals surface area contributed by atoms with E-state index >= 15 is 0 Å². The molecule has 1 saturated heterocycles. The number of carbonyl (C=O) groups is 1. The Kier molecular flexibility index (Phi) is 9.64. The van der Waals surface area contributed by atoms with Gasteiger partial charge in [-0.25, -0.2) is 4.99 Å². The van der Waals surface area contributed by atoms with Crippen molar-refractivity contribution in [2.24, 2.45) is 4.99 Å². The van der Waals surface area contributed by atoms with Gasteiger partial charge in [-0.3, -0.25) is 9.69 Å². The average molecular weight is 783 g/mol. The number of hydrogen-bond acceptors (Lipinski definition) is 6. The van der Waals surface area contributed by atoms with Gasteiger partial charge >= 0.3 is 0 Å². The summed E-state index contributed by atoms with van der Waals surface area (Å²) in [5.41, 5.74) is 4.09. The highest BCUT2D eigenvalue weighted by atomic mass is 127. The van der Waals surface area contributed by atoms with Gasteiger partial charge in [0.15, 0.2) is 5.17 Å². The number of thioether (sulfide) groups is 1. The van der Waals surface area contributed by atoms with Crippen molar-refractivity contribution < 1.29 is 14.3 Å². The lowest BCUT2D eigenvalue weighted by atomic mass is 10.1. The lowest BCUT2D eigenvalue weighted by Gasteiger charge is -2.16. The van der Waals surface area contributed by atoms with E-state index in [1.807, 2.05) is 91.0 Å². The first-order chi connectivity index (χ1) is 19.9. The second kappa shape index (κ2) is 13.5. The number of rotatable bonds is 8. The van der Waals surface area contributed by atoms with E-state index in [4.69, 9.17) is 14.5 Å². The van der Waals surface area contributed by atoms with E-state index in [2.05, 4.69) is 51.3 Å². The van der Waals surface area contributed by atoms with E-state index in [1.54, 1.807) is 18.1 Å². The van der Waals surface area contributed by atoms with Crippen LogP contribution < -0.4 is 9.47 Å². The van der Waals surface area contributed by atoms with Gasteiger partial charge in [-0.15, -0.1) is 0 Å². The number of amides is 1. The predicted molar refractivity (Wildman–Crippen MR) is 180 cm³/mol. The van der Waals surface area contributed by atoms with Gasteiger partial charge < -0.3 is 9.47 Å². The highest BCUT2D eigenvalue weighted by Crippen LogP contribution is 2.37. The Labute approximate surface area is 270 Å². The molecule has 0 spiro atoms. The van der Waals surface area contributed by atoms with Gasteiger partial charge in [-0.05, 0) is 117 Å². The highest BCUT2D eigenvalue weighted by Gasteiger charge is 2.33. The maximum Gasteiger partial charge on any atom is 0.267 e. The van der Waals surface area contributed by atoms with Crippen LogP contribution in [0.15, 0.2) is 101 Å². The van der Waals surface area contributed by atoms with Gasteiger partial charge in [0.1, 0.15) is 18.1 Å². The summed E-state index contributed by atoms with van der Waals surface area (Å²) in [6, 6.07) is 30.9. The molecule has 1 aliphatic heterocycles. The molecule has 1 fully saturated rings. The number of nitrogens with zero attached hydrogens (tertiary/aromatic N) is 3. The van der Waals surface area contributed by atoms with E-state index in [9.17, 15) is 10.1 Å². The van der Waals surface area contributed by atoms with E-state index in [1.165, 1.54) is 11.8 Å². The Morgan fingerprint density at radius 3 is 2.34 bits per heavy atom. The number of halogens is 2. The zero-order chi connectivity index (χ0) is 28.8. The quantitative estimate of drug-likeness (QED) is 0.133. The molecule has 0 aliphatic carbocycles. The Balaban J connectivity index is 1.41. The fraction of sp³-hybridized carbons (Fsp3) is 0.0938. The fourth-order valence-electron chi connectivity index (χ4n) is 4.11. The largest absolute Gasteiger partial charge is 0.497 e. The molecule has 4 aromatic rings. The van der Waals surface area contributed by atoms with Gasteiger partial charge in [0, 0.05) is 5.56 Å². The summed E-state index contributed by atoms with van der Waals surface area (Å²) in [5, 5.41) is 10.0. The fourth-order valence-corrected chi connectivity index (χ4v) is 7.24. The molecule has 204 valence electrons. The van der Waals surface area contributed by atoms with Gasteiger partial charge in [0.2, 0.25) is 0 Å². The number of methoxy groups -OCH3 is 1. The first-order valence-electron chi connectivity index (χ1n) is 12.5. The van der Waals surface area contributed by atoms with Crippen LogP contribution in [0, 0.1) is 18.5 Å². The van der Waals surface area contributed by atoms with Crippen LogP contribution in [0.5, 0.6) is 11.5 Å². The Bertz CT molecular complexity index is 1660. The van der Waals surface area contributed by atoms with Crippen LogP contribution in [0.25, 0.3) is 6.08 Å². The van der Waals surface area contributed by atoms with Crippen molar-refractivity contribution in [2.75, 3.05) is 7.11 Å². The number of aliphatic imine (C=N–C) groups is 1. The van der Waals surface area contributed by atoms with Crippen LogP contribution in [0.1, 0.15) is 22.3 Å². The van der Waals surface area contributed by atoms with Crippen molar-refractivity contribution in [1.82, 2.24) is 4.90 Å². The van der Waals surface area contributed by atoms with Crippen molar-refractivity contribution in [3.8, 4) is 17.6 Å². The molecule has 4 aromatic carbocycles. The molecule has 0 bridgehead atoms. The first kappa shape index (κ1) is 29.2. The molecule has 1 heterocycles. The summed E-state index contributed by atoms with van der Waals surface area (Å²) in [5.74, 6) is 1.42. The summed E-state index contributed by atoms with van der Waals surface area (Å²) >= 11 is 5.86. The van der Waals surface area contributed by atoms with E-state index in [0.29, 0.717) is 28.8 Å². The monoisotopic (exact) mass is 783 g/mol. The first-order valence-corrected chi connectivity index (χ1v) is 15.5. The Morgan fingerprint density at radius 1 is 0.976 bits per heavy atom. The number of nitriles is 1. The molecule has 0 radical (unpaired) electrons. The SMILES string of the molecule is COc1ccc(CN2C(=O)C(=Cc3cc(I)c(OCc4ccccc4C#N)c(I)c3)SC2=Nc2ccccc2)cc1. The maximum absolute atomic E-state index is 13.7. The number of amidine groups is 1. The van der Waals surface area contributed by atoms with Gasteiger partial charge in [0.05, 0.1) is 43.0 Å². The number of carbonyl (C=O) groups excluding carboxylic acids is 1. The van der Waals surface area contributed by atoms with Gasteiger partial charge in [0.25, 0.3) is 5.91 Å². The van der Waals surface area contributed by atoms with Crippen molar-refractivity contribution in [1.29, 1.82) is 5.26 Å². The van der Waals surface area contributed by atoms with Crippen LogP contribution in [-0.4, -0.2) is 23.1 Å². The smallest absolute Gasteiger partial charge is 0.267 e. The molecule has 1 amide bonds. The van der Waals surface area contributed by atoms with Crippen LogP contribution in [0.4, 0.5) is 5.69 Å². The molecule has 41 heavy (non-hydrogen) atoms. The topological polar surface area (TPSA) is 74.9 Å². The Hall–Kier alpha value is -3.34. The summed E-state index contributed by atoms with van der Waals surface area (Å²) < 4.78 is 13.2. The van der Waals surface area contributed by atoms with Crippen molar-refractivity contribution >= 4 is 79.8 Å². The third kappa shape index (κ3) is 7.12. The van der Waals surface area contributed by atoms with Crippen LogP contribution in [-0.2, 0) is 17.9 Å². The number of hydrogen-bond donors (Lipinski definition) is 0. The van der Waals surface area contributed by atoms with Gasteiger partial charge in [-0.2, -0.15) is 5.26 Å². The Morgan fingerprint density at radius 2 is 1.66 bits per heavy atom. The molecule has 0 saturated carbocycles. The summed E-state index contributed by atoms with van der Waals surface area (Å²) in [7, 11) is 1.63. The zero-order valence-corrected chi connectivity index (χ0v) is 27.0. The summed E-state index contributed by atoms with van der Waals surface area (Å²) in [4.78, 5) is 20.8. The minimum absolute atomic E-state index is 0.0982. The minimum atomic E-state index is -0.0982. The van der Waals surface area contributed by atoms with Crippen molar-refractivity contribution in [3.05, 3.63) is 125 Å². The lowest BCUT2D eigenvalue weighted by molar-refractivity contribution is -0.122. The maximum atomic E-state index is 13.7. The van der Waals surface area contributed by atoms with Crippen LogP contribution in [0.3, 0.4) is 0 Å². The summed E-state index contributed by atoms with van der Waals surface area (Å²) in [6.45, 7) is 0.689. The van der Waals surface area contributed by atoms with E-state index in [-0.39, 0.29) is 5.91 Å². The van der Waals surface area contributed by atoms with E-state index in [0.717, 1.165) is 41.0 Å². The molecular weight excluding hydrogens is 760 g/mol. The predicted octanol–water partition coefficient (Wildman–Crippen LogP) is 8.16. The molecule has 9 heteroatoms. The standard InChI is InChI=1S/C32H23I2N3O3S/c1-39-26-13-11-21(12-14-26)19-37-31(38)29(41-32(37)36-25-9-3-2-4-10-25)17-22-15-27(33)30(28(34)16-22)40-20-24-8-6-5-7-23(24)18-35/h2-17H,19-20H2,1H3. The molecule has 0 aromatic heterocycles. The van der Waals surface area contributed by atoms with Crippen LogP contribution in [0.2, 0.25) is 0 Å². The molecule has 0 atom stereocenters. The molecule has 1 aliphatic rings. The molecular formula is C32H23I2N3O3S. The zero-order valence-electron chi connectivity index (χ0n) is 21.9. The number of benzene rings is 4. The molecule has 6 nitrogen and oxygen atoms in total. The molecule has 0 N–H and O–H groups in total. The van der Waals surface area contributed by atoms with Crippen molar-refractivity contribution in [2.45, 2.75) is 13.2 Å². The lowest BCUT2D eigenvalue weighted by Crippen LogP contribution is -2.28. The van der Waals surface area contributed by atoms with Crippen LogP contribution >= 0.6 is 56.9 Å². The molecule has 5 rings (SSSR count). The second-order valence-electron chi connectivity index (χ2n) is 8.95. The summed E-state index contributed by atoms with van der Waals surface area (Å²) in [6.07, 6.45) is 1.90. The van der Waals surface area contributed by atoms with Gasteiger partial charge in [-0.1, -0.05) is 48.5 Å². The normalized spacial score (nSPS) is 14.9. The number of para-hydroxylation sites is 1. The van der Waals surface area contributed by atoms with E-state index < -0.39 is 0 Å².